The number of halogens is 1. The fourth-order valence-corrected chi connectivity index (χ4v) is 5.35. The molecular weight excluding hydrogens is 452 g/mol. The van der Waals surface area contributed by atoms with Crippen LogP contribution in [0.3, 0.4) is 0 Å². The SMILES string of the molecule is CCCCN(CC(=O)N1CCc2sccc2C1c1ccc(C)cc1)C(=O)c1ccc(Cl)cc1. The molecule has 1 aromatic heterocycles. The van der Waals surface area contributed by atoms with Gasteiger partial charge in [0.1, 0.15) is 6.54 Å². The number of fused-ring (bicyclic) bond motifs is 1. The fourth-order valence-electron chi connectivity index (χ4n) is 4.32. The van der Waals surface area contributed by atoms with Crippen molar-refractivity contribution in [3.8, 4) is 0 Å². The number of rotatable bonds is 7. The zero-order valence-electron chi connectivity index (χ0n) is 19.1. The summed E-state index contributed by atoms with van der Waals surface area (Å²) in [5.74, 6) is -0.149. The summed E-state index contributed by atoms with van der Waals surface area (Å²) >= 11 is 7.75. The second-order valence-corrected chi connectivity index (χ2v) is 9.97. The van der Waals surface area contributed by atoms with Gasteiger partial charge >= 0.3 is 0 Å². The van der Waals surface area contributed by atoms with Crippen molar-refractivity contribution in [3.63, 3.8) is 0 Å². The number of unbranched alkanes of at least 4 members (excludes halogenated alkanes) is 1. The van der Waals surface area contributed by atoms with E-state index < -0.39 is 0 Å². The van der Waals surface area contributed by atoms with Gasteiger partial charge in [-0.3, -0.25) is 9.59 Å². The Hall–Kier alpha value is -2.63. The lowest BCUT2D eigenvalue weighted by Gasteiger charge is -2.37. The highest BCUT2D eigenvalue weighted by Gasteiger charge is 2.34. The lowest BCUT2D eigenvalue weighted by molar-refractivity contribution is -0.134. The Bertz CT molecular complexity index is 1110. The van der Waals surface area contributed by atoms with E-state index >= 15 is 0 Å². The molecule has 0 aliphatic carbocycles. The molecule has 33 heavy (non-hydrogen) atoms. The van der Waals surface area contributed by atoms with E-state index in [1.807, 2.05) is 4.90 Å². The van der Waals surface area contributed by atoms with Crippen LogP contribution in [0.25, 0.3) is 0 Å². The number of carbonyl (C=O) groups is 2. The summed E-state index contributed by atoms with van der Waals surface area (Å²) in [6.45, 7) is 5.43. The molecule has 3 aromatic rings. The van der Waals surface area contributed by atoms with Crippen molar-refractivity contribution >= 4 is 34.8 Å². The van der Waals surface area contributed by atoms with Crippen LogP contribution in [0, 0.1) is 6.92 Å². The Kier molecular flexibility index (Phi) is 7.51. The summed E-state index contributed by atoms with van der Waals surface area (Å²) in [5.41, 5.74) is 4.06. The summed E-state index contributed by atoms with van der Waals surface area (Å²) in [6.07, 6.45) is 2.65. The van der Waals surface area contributed by atoms with Crippen molar-refractivity contribution in [2.75, 3.05) is 19.6 Å². The highest BCUT2D eigenvalue weighted by molar-refractivity contribution is 7.10. The van der Waals surface area contributed by atoms with Crippen molar-refractivity contribution in [2.24, 2.45) is 0 Å². The quantitative estimate of drug-likeness (QED) is 0.408. The van der Waals surface area contributed by atoms with Gasteiger partial charge in [0.15, 0.2) is 0 Å². The number of hydrogen-bond acceptors (Lipinski definition) is 3. The van der Waals surface area contributed by atoms with Gasteiger partial charge in [0.05, 0.1) is 6.04 Å². The molecule has 4 rings (SSSR count). The van der Waals surface area contributed by atoms with E-state index in [-0.39, 0.29) is 24.4 Å². The molecule has 2 aromatic carbocycles. The molecule has 0 fully saturated rings. The molecule has 4 nitrogen and oxygen atoms in total. The molecule has 0 spiro atoms. The van der Waals surface area contributed by atoms with E-state index in [1.165, 1.54) is 16.0 Å². The molecule has 0 saturated heterocycles. The van der Waals surface area contributed by atoms with E-state index in [2.05, 4.69) is 49.6 Å². The van der Waals surface area contributed by atoms with Gasteiger partial charge < -0.3 is 9.80 Å². The van der Waals surface area contributed by atoms with Crippen LogP contribution in [0.1, 0.15) is 57.7 Å². The van der Waals surface area contributed by atoms with E-state index in [1.54, 1.807) is 40.5 Å². The Morgan fingerprint density at radius 2 is 1.82 bits per heavy atom. The molecule has 1 unspecified atom stereocenters. The van der Waals surface area contributed by atoms with Gasteiger partial charge in [0, 0.05) is 28.6 Å². The third-order valence-corrected chi connectivity index (χ3v) is 7.41. The van der Waals surface area contributed by atoms with Crippen LogP contribution in [0.2, 0.25) is 5.02 Å². The Morgan fingerprint density at radius 1 is 1.09 bits per heavy atom. The maximum atomic E-state index is 13.7. The second-order valence-electron chi connectivity index (χ2n) is 8.54. The molecule has 6 heteroatoms. The topological polar surface area (TPSA) is 40.6 Å². The largest absolute Gasteiger partial charge is 0.330 e. The number of hydrogen-bond donors (Lipinski definition) is 0. The van der Waals surface area contributed by atoms with Crippen LogP contribution in [-0.2, 0) is 11.2 Å². The molecular formula is C27H29ClN2O2S. The predicted molar refractivity (Wildman–Crippen MR) is 135 cm³/mol. The maximum absolute atomic E-state index is 13.7. The third kappa shape index (κ3) is 5.31. The third-order valence-electron chi connectivity index (χ3n) is 6.17. The molecule has 0 bridgehead atoms. The van der Waals surface area contributed by atoms with Gasteiger partial charge in [-0.2, -0.15) is 0 Å². The summed E-state index contributed by atoms with van der Waals surface area (Å²) in [7, 11) is 0. The predicted octanol–water partition coefficient (Wildman–Crippen LogP) is 6.13. The average molecular weight is 481 g/mol. The Balaban J connectivity index is 1.60. The van der Waals surface area contributed by atoms with Crippen molar-refractivity contribution < 1.29 is 9.59 Å². The van der Waals surface area contributed by atoms with Crippen molar-refractivity contribution in [1.29, 1.82) is 0 Å². The highest BCUT2D eigenvalue weighted by Crippen LogP contribution is 2.38. The molecule has 2 heterocycles. The molecule has 1 aliphatic heterocycles. The molecule has 0 radical (unpaired) electrons. The average Bonchev–Trinajstić information content (AvgIpc) is 3.30. The Labute approximate surface area is 204 Å². The first kappa shape index (κ1) is 23.5. The van der Waals surface area contributed by atoms with E-state index in [0.717, 1.165) is 24.8 Å². The van der Waals surface area contributed by atoms with Crippen LogP contribution < -0.4 is 0 Å². The number of nitrogens with zero attached hydrogens (tertiary/aromatic N) is 2. The van der Waals surface area contributed by atoms with Crippen LogP contribution in [0.4, 0.5) is 0 Å². The standard InChI is InChI=1S/C27H29ClN2O2S/c1-3-4-15-29(27(32)21-9-11-22(28)12-10-21)18-25(31)30-16-13-24-23(14-17-33-24)26(30)20-7-5-19(2)6-8-20/h5-12,14,17,26H,3-4,13,15-16,18H2,1-2H3. The van der Waals surface area contributed by atoms with Gasteiger partial charge in [-0.05, 0) is 66.6 Å². The fraction of sp³-hybridized carbons (Fsp3) is 0.333. The van der Waals surface area contributed by atoms with Gasteiger partial charge in [-0.15, -0.1) is 11.3 Å². The zero-order valence-corrected chi connectivity index (χ0v) is 20.7. The summed E-state index contributed by atoms with van der Waals surface area (Å²) < 4.78 is 0. The summed E-state index contributed by atoms with van der Waals surface area (Å²) in [5, 5.41) is 2.70. The number of benzene rings is 2. The lowest BCUT2D eigenvalue weighted by Crippen LogP contribution is -2.47. The van der Waals surface area contributed by atoms with E-state index in [0.29, 0.717) is 23.7 Å². The first-order valence-corrected chi connectivity index (χ1v) is 12.7. The molecule has 1 aliphatic rings. The maximum Gasteiger partial charge on any atom is 0.254 e. The highest BCUT2D eigenvalue weighted by atomic mass is 35.5. The molecule has 0 saturated carbocycles. The van der Waals surface area contributed by atoms with Gasteiger partial charge in [0.25, 0.3) is 5.91 Å². The van der Waals surface area contributed by atoms with Crippen molar-refractivity contribution in [1.82, 2.24) is 9.80 Å². The van der Waals surface area contributed by atoms with Gasteiger partial charge in [-0.25, -0.2) is 0 Å². The van der Waals surface area contributed by atoms with Gasteiger partial charge in [0.2, 0.25) is 5.91 Å². The zero-order chi connectivity index (χ0) is 23.4. The first-order chi connectivity index (χ1) is 16.0. The second kappa shape index (κ2) is 10.5. The molecule has 2 amide bonds. The minimum atomic E-state index is -0.131. The van der Waals surface area contributed by atoms with Gasteiger partial charge in [-0.1, -0.05) is 54.8 Å². The first-order valence-electron chi connectivity index (χ1n) is 11.4. The molecule has 0 N–H and O–H groups in total. The lowest BCUT2D eigenvalue weighted by atomic mass is 9.92. The van der Waals surface area contributed by atoms with E-state index in [4.69, 9.17) is 11.6 Å². The van der Waals surface area contributed by atoms with Crippen LogP contribution in [-0.4, -0.2) is 41.2 Å². The number of thiophene rings is 1. The molecule has 172 valence electrons. The minimum Gasteiger partial charge on any atom is -0.330 e. The number of carbonyl (C=O) groups excluding carboxylic acids is 2. The normalized spacial score (nSPS) is 15.2. The number of amides is 2. The molecule has 1 atom stereocenters. The Morgan fingerprint density at radius 3 is 2.52 bits per heavy atom. The van der Waals surface area contributed by atoms with Crippen molar-refractivity contribution in [2.45, 2.75) is 39.2 Å². The van der Waals surface area contributed by atoms with E-state index in [9.17, 15) is 9.59 Å². The minimum absolute atomic E-state index is 0.0177. The summed E-state index contributed by atoms with van der Waals surface area (Å²) in [6, 6.07) is 17.3. The van der Waals surface area contributed by atoms with Crippen LogP contribution >= 0.6 is 22.9 Å². The van der Waals surface area contributed by atoms with Crippen LogP contribution in [0.15, 0.2) is 60.0 Å². The monoisotopic (exact) mass is 480 g/mol. The smallest absolute Gasteiger partial charge is 0.254 e. The van der Waals surface area contributed by atoms with Crippen LogP contribution in [0.5, 0.6) is 0 Å². The summed E-state index contributed by atoms with van der Waals surface area (Å²) in [4.78, 5) is 31.9. The van der Waals surface area contributed by atoms with Crippen molar-refractivity contribution in [3.05, 3.63) is 92.1 Å². The number of aryl methyl sites for hydroxylation is 1.